The maximum absolute atomic E-state index is 10.2. The highest BCUT2D eigenvalue weighted by molar-refractivity contribution is 6.13. The summed E-state index contributed by atoms with van der Waals surface area (Å²) < 4.78 is 4.47. The predicted molar refractivity (Wildman–Crippen MR) is 273 cm³/mol. The number of nitriles is 4. The lowest BCUT2D eigenvalue weighted by molar-refractivity contribution is 1.16. The summed E-state index contributed by atoms with van der Waals surface area (Å²) in [4.78, 5) is 7.77. The van der Waals surface area contributed by atoms with Crippen LogP contribution in [0.1, 0.15) is 27.8 Å². The Hall–Kier alpha value is -10.5. The van der Waals surface area contributed by atoms with Gasteiger partial charge in [0.05, 0.1) is 81.9 Å². The number of rotatable bonds is 6. The average molecular weight is 877 g/mol. The van der Waals surface area contributed by atoms with E-state index in [1.165, 1.54) is 0 Å². The van der Waals surface area contributed by atoms with Gasteiger partial charge in [0.1, 0.15) is 0 Å². The lowest BCUT2D eigenvalue weighted by Crippen LogP contribution is -2.02. The predicted octanol–water partition coefficient (Wildman–Crippen LogP) is 15.4. The molecule has 0 aliphatic carbocycles. The largest absolute Gasteiger partial charge is 0.310 e. The Balaban J connectivity index is 1.21. The Kier molecular flexibility index (Phi) is 9.86. The first-order chi connectivity index (χ1) is 33.9. The van der Waals surface area contributed by atoms with Crippen LogP contribution >= 0.6 is 0 Å². The third-order valence-electron chi connectivity index (χ3n) is 13.0. The van der Waals surface area contributed by atoms with Crippen LogP contribution < -0.4 is 0 Å². The van der Waals surface area contributed by atoms with Gasteiger partial charge in [0, 0.05) is 38.4 Å². The highest BCUT2D eigenvalue weighted by Crippen LogP contribution is 2.47. The number of para-hydroxylation sites is 2. The highest BCUT2D eigenvalue weighted by Gasteiger charge is 2.24. The van der Waals surface area contributed by atoms with Crippen LogP contribution in [0.3, 0.4) is 0 Å². The molecule has 2 heterocycles. The lowest BCUT2D eigenvalue weighted by atomic mass is 9.92. The molecule has 8 nitrogen and oxygen atoms in total. The van der Waals surface area contributed by atoms with Gasteiger partial charge in [0.2, 0.25) is 0 Å². The molecule has 11 rings (SSSR count). The second-order valence-corrected chi connectivity index (χ2v) is 16.8. The number of aryl methyl sites for hydroxylation is 1. The van der Waals surface area contributed by atoms with Crippen LogP contribution in [0.2, 0.25) is 0 Å². The van der Waals surface area contributed by atoms with E-state index in [4.69, 9.17) is 13.1 Å². The minimum atomic E-state index is 0.405. The summed E-state index contributed by atoms with van der Waals surface area (Å²) in [6.45, 7) is 18.3. The Labute approximate surface area is 397 Å². The van der Waals surface area contributed by atoms with Crippen molar-refractivity contribution in [3.63, 3.8) is 0 Å². The van der Waals surface area contributed by atoms with Crippen molar-refractivity contribution in [2.45, 2.75) is 6.92 Å². The Morgan fingerprint density at radius 3 is 1.54 bits per heavy atom. The molecule has 8 heteroatoms. The molecule has 11 aromatic rings. The summed E-state index contributed by atoms with van der Waals surface area (Å²) in [7, 11) is 0. The molecule has 0 spiro atoms. The average Bonchev–Trinajstić information content (AvgIpc) is 3.91. The highest BCUT2D eigenvalue weighted by atomic mass is 15.0. The van der Waals surface area contributed by atoms with Gasteiger partial charge in [-0.05, 0) is 136 Å². The molecule has 0 bridgehead atoms. The molecule has 2 aromatic heterocycles. The van der Waals surface area contributed by atoms with Gasteiger partial charge in [-0.3, -0.25) is 0 Å². The zero-order chi connectivity index (χ0) is 47.3. The molecule has 0 fully saturated rings. The molecule has 0 N–H and O–H groups in total. The monoisotopic (exact) mass is 876 g/mol. The second kappa shape index (κ2) is 16.5. The normalized spacial score (nSPS) is 10.9. The molecular weight excluding hydrogens is 845 g/mol. The minimum absolute atomic E-state index is 0.405. The lowest BCUT2D eigenvalue weighted by Gasteiger charge is -2.21. The quantitative estimate of drug-likeness (QED) is 0.155. The summed E-state index contributed by atoms with van der Waals surface area (Å²) in [5.74, 6) is 0. The smallest absolute Gasteiger partial charge is 0.197 e. The molecule has 0 saturated carbocycles. The number of aromatic nitrogens is 2. The van der Waals surface area contributed by atoms with Gasteiger partial charge in [-0.15, -0.1) is 0 Å². The number of nitrogens with zero attached hydrogens (tertiary/aromatic N) is 8. The minimum Gasteiger partial charge on any atom is -0.310 e. The van der Waals surface area contributed by atoms with Crippen LogP contribution in [0.25, 0.3) is 109 Å². The van der Waals surface area contributed by atoms with Crippen molar-refractivity contribution in [1.29, 1.82) is 21.0 Å². The maximum Gasteiger partial charge on any atom is 0.197 e. The summed E-state index contributed by atoms with van der Waals surface area (Å²) >= 11 is 0. The summed E-state index contributed by atoms with van der Waals surface area (Å²) in [5.41, 5.74) is 15.5. The first-order valence-corrected chi connectivity index (χ1v) is 22.0. The molecule has 316 valence electrons. The molecule has 0 unspecified atom stereocenters. The van der Waals surface area contributed by atoms with Gasteiger partial charge in [0.25, 0.3) is 0 Å². The van der Waals surface area contributed by atoms with E-state index in [0.29, 0.717) is 33.6 Å². The zero-order valence-corrected chi connectivity index (χ0v) is 36.8. The van der Waals surface area contributed by atoms with Crippen LogP contribution in [0, 0.1) is 65.4 Å². The molecule has 0 aliphatic rings. The van der Waals surface area contributed by atoms with E-state index in [1.807, 2.05) is 85.8 Å². The molecular formula is C61H32N8. The standard InChI is InChI=1S/C61H32N8/c1-37-27-38(33-62)15-21-46(37)40-17-26-59(68-55-12-6-4-9-49(55)51-31-42(18-24-57(51)68)48-23-20-45(66-2)29-44(48)36-65)53(32-40)61-54(67-3)11-8-14-60(61)69-56-13-7-5-10-50(56)52-30-41(19-25-58(52)69)47-22-16-39(34-63)28-43(47)35-64/h4-32H,1H3. The van der Waals surface area contributed by atoms with Crippen molar-refractivity contribution in [2.75, 3.05) is 0 Å². The fraction of sp³-hybridized carbons (Fsp3) is 0.0164. The van der Waals surface area contributed by atoms with Gasteiger partial charge in [0.15, 0.2) is 11.4 Å². The van der Waals surface area contributed by atoms with Crippen molar-refractivity contribution in [3.8, 4) is 80.2 Å². The van der Waals surface area contributed by atoms with E-state index in [9.17, 15) is 21.0 Å². The Morgan fingerprint density at radius 2 is 0.942 bits per heavy atom. The SMILES string of the molecule is [C-]#[N+]c1ccc(-c2ccc3c(c2)c2ccccc2n3-c2ccc(-c3ccc(C#N)cc3C)cc2-c2c([N+]#[C-])cccc2-n2c3ccccc3c3cc(-c4ccc(C#N)cc4C#N)ccc32)c(C#N)c1. The van der Waals surface area contributed by atoms with Crippen molar-refractivity contribution in [1.82, 2.24) is 9.13 Å². The van der Waals surface area contributed by atoms with Crippen LogP contribution in [-0.4, -0.2) is 9.13 Å². The summed E-state index contributed by atoms with van der Waals surface area (Å²) in [5, 5.41) is 43.6. The number of benzene rings is 9. The van der Waals surface area contributed by atoms with E-state index in [-0.39, 0.29) is 0 Å². The first-order valence-electron chi connectivity index (χ1n) is 22.0. The van der Waals surface area contributed by atoms with E-state index in [1.54, 1.807) is 24.3 Å². The topological polar surface area (TPSA) is 114 Å². The first kappa shape index (κ1) is 41.2. The molecule has 0 aliphatic heterocycles. The number of hydrogen-bond donors (Lipinski definition) is 0. The summed E-state index contributed by atoms with van der Waals surface area (Å²) in [6, 6.07) is 66.1. The van der Waals surface area contributed by atoms with Gasteiger partial charge in [-0.25, -0.2) is 9.69 Å². The molecule has 69 heavy (non-hydrogen) atoms. The zero-order valence-electron chi connectivity index (χ0n) is 36.8. The van der Waals surface area contributed by atoms with Gasteiger partial charge in [-0.2, -0.15) is 21.0 Å². The van der Waals surface area contributed by atoms with Crippen molar-refractivity contribution in [3.05, 3.63) is 227 Å². The molecule has 0 amide bonds. The number of hydrogen-bond acceptors (Lipinski definition) is 4. The molecule has 9 aromatic carbocycles. The van der Waals surface area contributed by atoms with E-state index in [0.717, 1.165) is 105 Å². The van der Waals surface area contributed by atoms with Crippen LogP contribution in [0.5, 0.6) is 0 Å². The molecule has 0 radical (unpaired) electrons. The number of fused-ring (bicyclic) bond motifs is 6. The maximum atomic E-state index is 10.2. The fourth-order valence-electron chi connectivity index (χ4n) is 9.94. The second-order valence-electron chi connectivity index (χ2n) is 16.8. The van der Waals surface area contributed by atoms with E-state index in [2.05, 4.69) is 116 Å². The van der Waals surface area contributed by atoms with Gasteiger partial charge in [-0.1, -0.05) is 91.0 Å². The Morgan fingerprint density at radius 1 is 0.406 bits per heavy atom. The van der Waals surface area contributed by atoms with Gasteiger partial charge >= 0.3 is 0 Å². The Bertz CT molecular complexity index is 4290. The van der Waals surface area contributed by atoms with E-state index >= 15 is 0 Å². The molecule has 0 saturated heterocycles. The van der Waals surface area contributed by atoms with Crippen LogP contribution in [-0.2, 0) is 0 Å². The van der Waals surface area contributed by atoms with E-state index < -0.39 is 0 Å². The van der Waals surface area contributed by atoms with Crippen molar-refractivity contribution >= 4 is 55.0 Å². The van der Waals surface area contributed by atoms with Crippen LogP contribution in [0.15, 0.2) is 176 Å². The third-order valence-corrected chi connectivity index (χ3v) is 13.0. The van der Waals surface area contributed by atoms with Crippen LogP contribution in [0.4, 0.5) is 11.4 Å². The fourth-order valence-corrected chi connectivity index (χ4v) is 9.94. The molecule has 0 atom stereocenters. The van der Waals surface area contributed by atoms with Gasteiger partial charge < -0.3 is 9.13 Å². The third kappa shape index (κ3) is 6.63. The summed E-state index contributed by atoms with van der Waals surface area (Å²) in [6.07, 6.45) is 0. The van der Waals surface area contributed by atoms with Crippen molar-refractivity contribution in [2.24, 2.45) is 0 Å². The van der Waals surface area contributed by atoms with Crippen molar-refractivity contribution < 1.29 is 0 Å².